The molecule has 1 saturated heterocycles. The molecule has 1 heterocycles. The summed E-state index contributed by atoms with van der Waals surface area (Å²) in [6, 6.07) is 8.90. The molecule has 4 atom stereocenters. The van der Waals surface area contributed by atoms with E-state index in [1.54, 1.807) is 0 Å². The second kappa shape index (κ2) is 6.50. The summed E-state index contributed by atoms with van der Waals surface area (Å²) >= 11 is 2.06. The Morgan fingerprint density at radius 1 is 0.862 bits per heavy atom. The predicted octanol–water partition coefficient (Wildman–Crippen LogP) is 4.39. The van der Waals surface area contributed by atoms with E-state index in [1.165, 1.54) is 22.3 Å². The van der Waals surface area contributed by atoms with Crippen molar-refractivity contribution in [3.63, 3.8) is 0 Å². The molecule has 5 aliphatic rings. The van der Waals surface area contributed by atoms with Gasteiger partial charge in [0.1, 0.15) is 0 Å². The van der Waals surface area contributed by atoms with Gasteiger partial charge in [-0.3, -0.25) is 0 Å². The molecule has 1 spiro atoms. The highest BCUT2D eigenvalue weighted by atomic mass is 32.2. The van der Waals surface area contributed by atoms with E-state index in [4.69, 9.17) is 0 Å². The van der Waals surface area contributed by atoms with Crippen LogP contribution in [-0.2, 0) is 5.41 Å². The van der Waals surface area contributed by atoms with Crippen LogP contribution < -0.4 is 0 Å². The number of benzene rings is 1. The minimum absolute atomic E-state index is 0.171. The van der Waals surface area contributed by atoms with Gasteiger partial charge in [-0.1, -0.05) is 78.9 Å². The highest BCUT2D eigenvalue weighted by molar-refractivity contribution is 8.00. The van der Waals surface area contributed by atoms with Crippen LogP contribution in [-0.4, -0.2) is 27.7 Å². The molecule has 1 aromatic carbocycles. The maximum Gasteiger partial charge on any atom is 0.484 e. The van der Waals surface area contributed by atoms with E-state index in [0.29, 0.717) is 28.8 Å². The summed E-state index contributed by atoms with van der Waals surface area (Å²) in [6.45, 7) is 0. The summed E-state index contributed by atoms with van der Waals surface area (Å²) in [4.78, 5) is 0. The van der Waals surface area contributed by atoms with Gasteiger partial charge in [0.2, 0.25) is 0 Å². The second-order valence-electron chi connectivity index (χ2n) is 8.56. The fraction of sp³-hybridized carbons (Fsp3) is 0.280. The molecule has 0 amide bonds. The van der Waals surface area contributed by atoms with E-state index in [1.807, 2.05) is 0 Å². The van der Waals surface area contributed by atoms with Crippen molar-refractivity contribution in [2.45, 2.75) is 28.8 Å². The molecule has 2 N–H and O–H groups in total. The zero-order valence-corrected chi connectivity index (χ0v) is 16.9. The molecule has 2 nitrogen and oxygen atoms in total. The first kappa shape index (κ1) is 17.8. The minimum Gasteiger partial charge on any atom is -0.423 e. The van der Waals surface area contributed by atoms with Gasteiger partial charge in [-0.15, -0.1) is 11.8 Å². The molecule has 4 aliphatic carbocycles. The minimum atomic E-state index is -1.38. The van der Waals surface area contributed by atoms with Crippen LogP contribution in [0.15, 0.2) is 90.0 Å². The summed E-state index contributed by atoms with van der Waals surface area (Å²) in [5.41, 5.74) is 6.07. The molecule has 1 fully saturated rings. The Hall–Kier alpha value is -2.01. The average Bonchev–Trinajstić information content (AvgIpc) is 3.05. The largest absolute Gasteiger partial charge is 0.484 e. The number of hydrogen-bond acceptors (Lipinski definition) is 3. The molecule has 144 valence electrons. The molecule has 29 heavy (non-hydrogen) atoms. The second-order valence-corrected chi connectivity index (χ2v) is 9.92. The van der Waals surface area contributed by atoms with E-state index >= 15 is 0 Å². The smallest absolute Gasteiger partial charge is 0.423 e. The van der Waals surface area contributed by atoms with Gasteiger partial charge in [0, 0.05) is 27.8 Å². The van der Waals surface area contributed by atoms with Gasteiger partial charge in [0.25, 0.3) is 0 Å². The molecular weight excluding hydrogens is 375 g/mol. The number of thioether (sulfide) groups is 1. The van der Waals surface area contributed by atoms with Crippen LogP contribution >= 0.6 is 11.8 Å². The molecule has 4 heteroatoms. The molecule has 0 radical (unpaired) electrons. The molecule has 1 aromatic rings. The van der Waals surface area contributed by atoms with Gasteiger partial charge < -0.3 is 10.0 Å². The summed E-state index contributed by atoms with van der Waals surface area (Å²) in [5.74, 6) is 0.685. The van der Waals surface area contributed by atoms with Crippen LogP contribution in [0.2, 0.25) is 0 Å². The maximum atomic E-state index is 9.98. The highest BCUT2D eigenvalue weighted by Crippen LogP contribution is 2.65. The van der Waals surface area contributed by atoms with E-state index in [9.17, 15) is 10.0 Å². The summed E-state index contributed by atoms with van der Waals surface area (Å²) < 4.78 is 0. The van der Waals surface area contributed by atoms with Crippen molar-refractivity contribution in [2.24, 2.45) is 11.8 Å². The van der Waals surface area contributed by atoms with Crippen molar-refractivity contribution in [3.8, 4) is 0 Å². The van der Waals surface area contributed by atoms with Crippen LogP contribution in [0.1, 0.15) is 24.0 Å². The van der Waals surface area contributed by atoms with Crippen molar-refractivity contribution in [2.75, 3.05) is 0 Å². The van der Waals surface area contributed by atoms with Gasteiger partial charge in [-0.2, -0.15) is 0 Å². The third kappa shape index (κ3) is 2.34. The predicted molar refractivity (Wildman–Crippen MR) is 121 cm³/mol. The van der Waals surface area contributed by atoms with Crippen LogP contribution in [0.4, 0.5) is 0 Å². The first-order chi connectivity index (χ1) is 14.2. The fourth-order valence-corrected chi connectivity index (χ4v) is 7.91. The Labute approximate surface area is 176 Å². The lowest BCUT2D eigenvalue weighted by molar-refractivity contribution is 0.288. The number of fused-ring (bicyclic) bond motifs is 8. The van der Waals surface area contributed by atoms with E-state index in [0.717, 1.165) is 11.9 Å². The Kier molecular flexibility index (Phi) is 3.99. The summed E-state index contributed by atoms with van der Waals surface area (Å²) in [7, 11) is -1.38. The normalized spacial score (nSPS) is 35.9. The monoisotopic (exact) mass is 398 g/mol. The quantitative estimate of drug-likeness (QED) is 0.690. The third-order valence-electron chi connectivity index (χ3n) is 7.33. The Bertz CT molecular complexity index is 1020. The molecule has 4 unspecified atom stereocenters. The van der Waals surface area contributed by atoms with Crippen molar-refractivity contribution < 1.29 is 10.0 Å². The Morgan fingerprint density at radius 3 is 2.21 bits per heavy atom. The molecule has 0 bridgehead atoms. The molecular formula is C25H23BO2S. The summed E-state index contributed by atoms with van der Waals surface area (Å²) in [6.07, 6.45) is 22.0. The fourth-order valence-electron chi connectivity index (χ4n) is 6.23. The van der Waals surface area contributed by atoms with Gasteiger partial charge in [-0.05, 0) is 40.6 Å². The van der Waals surface area contributed by atoms with Gasteiger partial charge in [-0.25, -0.2) is 0 Å². The van der Waals surface area contributed by atoms with E-state index < -0.39 is 7.12 Å². The molecule has 1 aliphatic heterocycles. The number of rotatable bonds is 1. The topological polar surface area (TPSA) is 40.5 Å². The van der Waals surface area contributed by atoms with E-state index in [-0.39, 0.29) is 5.41 Å². The molecule has 0 saturated carbocycles. The van der Waals surface area contributed by atoms with Gasteiger partial charge in [0.15, 0.2) is 0 Å². The number of hydrogen-bond donors (Lipinski definition) is 2. The average molecular weight is 398 g/mol. The summed E-state index contributed by atoms with van der Waals surface area (Å²) in [5, 5.41) is 20.8. The van der Waals surface area contributed by atoms with Crippen LogP contribution in [0.5, 0.6) is 0 Å². The van der Waals surface area contributed by atoms with Crippen molar-refractivity contribution >= 4 is 24.5 Å². The van der Waals surface area contributed by atoms with Crippen LogP contribution in [0.3, 0.4) is 0 Å². The highest BCUT2D eigenvalue weighted by Gasteiger charge is 2.59. The lowest BCUT2D eigenvalue weighted by Crippen LogP contribution is -2.53. The standard InChI is InChI=1S/C25H23BO2S/c27-26(28)16-13-14-18-17-7-1-2-8-19(17)25(22(18)15-16)20-9-3-5-11-23(20)29-24-12-6-4-10-21(24)25/h1-12,15,20-21,23-24,27-28H,13-14H2. The van der Waals surface area contributed by atoms with Crippen molar-refractivity contribution in [1.29, 1.82) is 0 Å². The van der Waals surface area contributed by atoms with Crippen LogP contribution in [0, 0.1) is 11.8 Å². The first-order valence-corrected chi connectivity index (χ1v) is 11.4. The zero-order valence-electron chi connectivity index (χ0n) is 16.1. The van der Waals surface area contributed by atoms with E-state index in [2.05, 4.69) is 90.7 Å². The van der Waals surface area contributed by atoms with Crippen molar-refractivity contribution in [3.05, 3.63) is 101 Å². The number of allylic oxidation sites excluding steroid dienone is 10. The van der Waals surface area contributed by atoms with Crippen LogP contribution in [0.25, 0.3) is 5.57 Å². The molecule has 0 aromatic heterocycles. The van der Waals surface area contributed by atoms with Gasteiger partial charge >= 0.3 is 7.12 Å². The lowest BCUT2D eigenvalue weighted by Gasteiger charge is -2.54. The Balaban J connectivity index is 1.67. The Morgan fingerprint density at radius 2 is 1.52 bits per heavy atom. The molecule has 6 rings (SSSR count). The zero-order chi connectivity index (χ0) is 19.6. The first-order valence-electron chi connectivity index (χ1n) is 10.5. The van der Waals surface area contributed by atoms with Crippen molar-refractivity contribution in [1.82, 2.24) is 0 Å². The maximum absolute atomic E-state index is 9.98. The lowest BCUT2D eigenvalue weighted by atomic mass is 9.55. The SMILES string of the molecule is OB(O)C1=CC2=C(CC1)c1ccccc1C21C2C=CC=CC2SC2C=CC=CC21. The third-order valence-corrected chi connectivity index (χ3v) is 8.86. The van der Waals surface area contributed by atoms with Gasteiger partial charge in [0.05, 0.1) is 0 Å².